The molecule has 2 nitrogen and oxygen atoms in total. The summed E-state index contributed by atoms with van der Waals surface area (Å²) in [7, 11) is 0. The van der Waals surface area contributed by atoms with Crippen molar-refractivity contribution in [3.63, 3.8) is 0 Å². The zero-order valence-corrected chi connectivity index (χ0v) is 33.0. The molecule has 0 bridgehead atoms. The Hall–Kier alpha value is -6.98. The van der Waals surface area contributed by atoms with E-state index in [4.69, 9.17) is 0 Å². The molecule has 0 radical (unpaired) electrons. The van der Waals surface area contributed by atoms with Gasteiger partial charge >= 0.3 is 0 Å². The molecule has 12 rings (SSSR count). The summed E-state index contributed by atoms with van der Waals surface area (Å²) in [5.74, 6) is 0. The van der Waals surface area contributed by atoms with E-state index in [0.29, 0.717) is 0 Å². The highest BCUT2D eigenvalue weighted by Gasteiger charge is 2.18. The van der Waals surface area contributed by atoms with E-state index in [1.165, 1.54) is 90.1 Å². The summed E-state index contributed by atoms with van der Waals surface area (Å²) < 4.78 is 7.62. The van der Waals surface area contributed by atoms with Crippen molar-refractivity contribution < 1.29 is 0 Å². The predicted octanol–water partition coefficient (Wildman–Crippen LogP) is 16.3. The van der Waals surface area contributed by atoms with E-state index >= 15 is 0 Å². The van der Waals surface area contributed by atoms with Crippen LogP contribution >= 0.6 is 22.7 Å². The van der Waals surface area contributed by atoms with Crippen molar-refractivity contribution in [1.82, 2.24) is 4.57 Å². The number of benzene rings is 9. The molecule has 0 atom stereocenters. The van der Waals surface area contributed by atoms with Gasteiger partial charge in [-0.3, -0.25) is 0 Å². The third-order valence-corrected chi connectivity index (χ3v) is 13.9. The Morgan fingerprint density at radius 1 is 0.293 bits per heavy atom. The van der Waals surface area contributed by atoms with Gasteiger partial charge in [-0.2, -0.15) is 0 Å². The molecule has 3 aromatic heterocycles. The number of para-hydroxylation sites is 2. The van der Waals surface area contributed by atoms with Crippen molar-refractivity contribution in [2.24, 2.45) is 0 Å². The normalized spacial score (nSPS) is 11.8. The van der Waals surface area contributed by atoms with Crippen LogP contribution in [0.3, 0.4) is 0 Å². The van der Waals surface area contributed by atoms with Gasteiger partial charge in [-0.15, -0.1) is 22.7 Å². The van der Waals surface area contributed by atoms with Gasteiger partial charge in [0.05, 0.1) is 11.0 Å². The van der Waals surface area contributed by atoms with E-state index in [9.17, 15) is 0 Å². The van der Waals surface area contributed by atoms with Crippen molar-refractivity contribution in [3.8, 4) is 27.9 Å². The Morgan fingerprint density at radius 2 is 0.793 bits per heavy atom. The summed E-state index contributed by atoms with van der Waals surface area (Å²) in [5.41, 5.74) is 11.8. The van der Waals surface area contributed by atoms with Crippen LogP contribution in [0.1, 0.15) is 0 Å². The maximum Gasteiger partial charge on any atom is 0.0541 e. The molecule has 12 aromatic rings. The first-order valence-corrected chi connectivity index (χ1v) is 21.3. The molecule has 9 aromatic carbocycles. The number of rotatable bonds is 6. The molecule has 0 amide bonds. The molecule has 58 heavy (non-hydrogen) atoms. The summed E-state index contributed by atoms with van der Waals surface area (Å²) in [6.45, 7) is 0. The number of nitrogens with zero attached hydrogens (tertiary/aromatic N) is 2. The van der Waals surface area contributed by atoms with Gasteiger partial charge in [-0.05, 0) is 119 Å². The fourth-order valence-electron chi connectivity index (χ4n) is 8.84. The number of fused-ring (bicyclic) bond motifs is 9. The maximum atomic E-state index is 2.42. The molecule has 0 unspecified atom stereocenters. The third-order valence-electron chi connectivity index (χ3n) is 11.6. The van der Waals surface area contributed by atoms with Crippen LogP contribution in [0.4, 0.5) is 17.1 Å². The number of anilines is 3. The monoisotopic (exact) mass is 774 g/mol. The quantitative estimate of drug-likeness (QED) is 0.163. The Balaban J connectivity index is 0.948. The van der Waals surface area contributed by atoms with Gasteiger partial charge in [0.2, 0.25) is 0 Å². The van der Waals surface area contributed by atoms with E-state index in [1.807, 2.05) is 22.7 Å². The summed E-state index contributed by atoms with van der Waals surface area (Å²) >= 11 is 3.72. The van der Waals surface area contributed by atoms with Crippen molar-refractivity contribution in [2.45, 2.75) is 0 Å². The van der Waals surface area contributed by atoms with Gasteiger partial charge in [0.1, 0.15) is 0 Å². The fraction of sp³-hybridized carbons (Fsp3) is 0. The van der Waals surface area contributed by atoms with E-state index < -0.39 is 0 Å². The number of hydrogen-bond donors (Lipinski definition) is 0. The minimum atomic E-state index is 1.12. The van der Waals surface area contributed by atoms with Crippen LogP contribution in [-0.2, 0) is 0 Å². The SMILES string of the molecule is c1ccc(-n2c3ccccc3c3cc(-c4cccc(-c5ccc(N(c6ccc7sc8ccccc8c7c6)c6ccc7sc8ccccc8c7c6)cc5)c4)ccc32)cc1. The molecular formula is C54H34N2S2. The molecule has 0 aliphatic rings. The maximum absolute atomic E-state index is 2.42. The first-order valence-electron chi connectivity index (χ1n) is 19.7. The number of hydrogen-bond acceptors (Lipinski definition) is 3. The first kappa shape index (κ1) is 33.2. The molecule has 0 aliphatic heterocycles. The zero-order chi connectivity index (χ0) is 38.2. The molecule has 0 aliphatic carbocycles. The highest BCUT2D eigenvalue weighted by atomic mass is 32.1. The van der Waals surface area contributed by atoms with Crippen LogP contribution in [-0.4, -0.2) is 4.57 Å². The van der Waals surface area contributed by atoms with Gasteiger partial charge in [-0.1, -0.05) is 109 Å². The van der Waals surface area contributed by atoms with Gasteiger partial charge in [-0.25, -0.2) is 0 Å². The molecule has 0 N–H and O–H groups in total. The lowest BCUT2D eigenvalue weighted by Gasteiger charge is -2.26. The first-order chi connectivity index (χ1) is 28.7. The lowest BCUT2D eigenvalue weighted by molar-refractivity contribution is 1.18. The average molecular weight is 775 g/mol. The van der Waals surface area contributed by atoms with E-state index in [-0.39, 0.29) is 0 Å². The summed E-state index contributed by atoms with van der Waals surface area (Å²) in [5, 5.41) is 7.72. The molecule has 0 spiro atoms. The zero-order valence-electron chi connectivity index (χ0n) is 31.3. The Morgan fingerprint density at radius 3 is 1.47 bits per heavy atom. The third kappa shape index (κ3) is 5.37. The summed E-state index contributed by atoms with van der Waals surface area (Å²) in [6.07, 6.45) is 0. The van der Waals surface area contributed by atoms with Crippen LogP contribution in [0.25, 0.3) is 90.1 Å². The Kier molecular flexibility index (Phi) is 7.62. The van der Waals surface area contributed by atoms with Crippen LogP contribution < -0.4 is 4.90 Å². The second kappa shape index (κ2) is 13.3. The van der Waals surface area contributed by atoms with Crippen LogP contribution in [0.5, 0.6) is 0 Å². The minimum absolute atomic E-state index is 1.12. The number of aromatic nitrogens is 1. The lowest BCUT2D eigenvalue weighted by Crippen LogP contribution is -2.09. The molecular weight excluding hydrogens is 741 g/mol. The summed E-state index contributed by atoms with van der Waals surface area (Å²) in [6, 6.07) is 75.7. The largest absolute Gasteiger partial charge is 0.310 e. The van der Waals surface area contributed by atoms with E-state index in [1.54, 1.807) is 0 Å². The molecule has 0 fully saturated rings. The smallest absolute Gasteiger partial charge is 0.0541 e. The van der Waals surface area contributed by atoms with Crippen molar-refractivity contribution in [2.75, 3.05) is 4.90 Å². The van der Waals surface area contributed by atoms with Crippen molar-refractivity contribution in [3.05, 3.63) is 206 Å². The predicted molar refractivity (Wildman–Crippen MR) is 252 cm³/mol. The Labute approximate surface area is 343 Å². The second-order valence-electron chi connectivity index (χ2n) is 14.9. The van der Waals surface area contributed by atoms with Gasteiger partial charge in [0, 0.05) is 73.9 Å². The highest BCUT2D eigenvalue weighted by molar-refractivity contribution is 7.26. The minimum Gasteiger partial charge on any atom is -0.310 e. The molecule has 272 valence electrons. The lowest BCUT2D eigenvalue weighted by atomic mass is 9.97. The molecule has 3 heterocycles. The van der Waals surface area contributed by atoms with Crippen LogP contribution in [0.15, 0.2) is 206 Å². The second-order valence-corrected chi connectivity index (χ2v) is 17.1. The molecule has 4 heteroatoms. The van der Waals surface area contributed by atoms with E-state index in [2.05, 4.69) is 216 Å². The fourth-order valence-corrected chi connectivity index (χ4v) is 11.0. The highest BCUT2D eigenvalue weighted by Crippen LogP contribution is 2.44. The topological polar surface area (TPSA) is 8.17 Å². The molecule has 0 saturated carbocycles. The Bertz CT molecular complexity index is 3400. The van der Waals surface area contributed by atoms with Crippen molar-refractivity contribution in [1.29, 1.82) is 0 Å². The summed E-state index contributed by atoms with van der Waals surface area (Å²) in [4.78, 5) is 2.42. The van der Waals surface area contributed by atoms with Gasteiger partial charge in [0.25, 0.3) is 0 Å². The van der Waals surface area contributed by atoms with E-state index in [0.717, 1.165) is 17.1 Å². The van der Waals surface area contributed by atoms with Crippen molar-refractivity contribution >= 4 is 102 Å². The van der Waals surface area contributed by atoms with Crippen LogP contribution in [0.2, 0.25) is 0 Å². The van der Waals surface area contributed by atoms with Crippen LogP contribution in [0, 0.1) is 0 Å². The average Bonchev–Trinajstić information content (AvgIpc) is 3.96. The van der Waals surface area contributed by atoms with Gasteiger partial charge in [0.15, 0.2) is 0 Å². The molecule has 0 saturated heterocycles. The van der Waals surface area contributed by atoms with Gasteiger partial charge < -0.3 is 9.47 Å². The number of thiophene rings is 2. The standard InChI is InChI=1S/C54H34N2S2/c1-2-13-39(14-3-1)56-49-18-7-4-15-43(49)46-32-38(23-28-50(46)56)37-12-10-11-36(31-37)35-21-24-40(25-22-35)55(41-26-29-53-47(33-41)44-16-5-8-19-51(44)57-53)42-27-30-54-48(34-42)45-17-6-9-20-52(45)58-54/h1-34H.